The lowest BCUT2D eigenvalue weighted by atomic mass is 10.1. The standard InChI is InChI=1S/2C18H28N2O4.3C15H22N2O3/c1-12-10-19(16(22)20(15(12)21)17(2,3)4)14-9-8-13(24-14)11-23-18(5,6)7;1-12(2)8-20-17(21)14(5)9-19(18(20)22)16-7-6-15(24-16)11-23-10-13(3)4;1-10-8-17(11(2)16-14(10)18)13-7-6-12(20-13)9-19-15(3,4)5;1-10(2)8-19-9-13-5-6-14(20-13)17-7-11(3)15(18)16-12(17)4;1-4-5-8-19-10-13-6-7-14(20-13)17-9-11(2)15(18)16-12(17)3/h8-10,13-14H,11H2,1-7H3;6-7,9,12-13,15-16H,8,10-11H2,1-5H3;6-8,12-13H,2,9H2,1,3-5H3,(H,16,18);5-7,10,13-14H,4,8-9H2,1-3H3,(H,16,18);6-7,9,13-14H,3-5,8,10H2,1-2H3,(H,16,18)/t13-,14+;15-,16+;12-,13+;2*13-,14+/m00000/s1. The molecule has 108 heavy (non-hydrogen) atoms. The largest absolute Gasteiger partial charge is 0.378 e. The summed E-state index contributed by atoms with van der Waals surface area (Å²) in [6, 6.07) is 0. The molecule has 10 atom stereocenters. The van der Waals surface area contributed by atoms with Gasteiger partial charge in [0.05, 0.1) is 44.2 Å². The van der Waals surface area contributed by atoms with Crippen LogP contribution in [0, 0.1) is 31.6 Å². The van der Waals surface area contributed by atoms with E-state index in [4.69, 9.17) is 47.4 Å². The lowest BCUT2D eigenvalue weighted by molar-refractivity contribution is -0.119. The minimum atomic E-state index is -0.598. The van der Waals surface area contributed by atoms with Crippen molar-refractivity contribution in [1.82, 2.24) is 48.9 Å². The van der Waals surface area contributed by atoms with Gasteiger partial charge in [-0.25, -0.2) is 9.59 Å². The Labute approximate surface area is 637 Å². The lowest BCUT2D eigenvalue weighted by Gasteiger charge is -2.32. The molecule has 0 aromatic carbocycles. The molecule has 8 aliphatic heterocycles. The molecule has 0 spiro atoms. The summed E-state index contributed by atoms with van der Waals surface area (Å²) in [5, 5.41) is 8.12. The third kappa shape index (κ3) is 26.9. The molecule has 0 unspecified atom stereocenters. The zero-order valence-corrected chi connectivity index (χ0v) is 67.6. The molecule has 10 heterocycles. The van der Waals surface area contributed by atoms with E-state index in [1.165, 1.54) is 18.3 Å². The van der Waals surface area contributed by atoms with Crippen LogP contribution in [0.1, 0.15) is 168 Å². The van der Waals surface area contributed by atoms with E-state index in [-0.39, 0.29) is 107 Å². The van der Waals surface area contributed by atoms with Crippen LogP contribution in [0.5, 0.6) is 0 Å². The Hall–Kier alpha value is -8.09. The zero-order valence-electron chi connectivity index (χ0n) is 67.6. The predicted molar refractivity (Wildman–Crippen MR) is 416 cm³/mol. The van der Waals surface area contributed by atoms with Gasteiger partial charge in [0, 0.05) is 90.7 Å². The second kappa shape index (κ2) is 40.0. The Bertz CT molecular complexity index is 3970. The second-order valence-electron chi connectivity index (χ2n) is 31.9. The minimum absolute atomic E-state index is 0.0454. The van der Waals surface area contributed by atoms with Gasteiger partial charge in [0.15, 0.2) is 31.1 Å². The first-order valence-corrected chi connectivity index (χ1v) is 37.3. The van der Waals surface area contributed by atoms with Crippen molar-refractivity contribution in [3.63, 3.8) is 0 Å². The van der Waals surface area contributed by atoms with E-state index in [0.717, 1.165) is 26.1 Å². The molecule has 0 bridgehead atoms. The number of amides is 3. The summed E-state index contributed by atoms with van der Waals surface area (Å²) in [4.78, 5) is 89.9. The summed E-state index contributed by atoms with van der Waals surface area (Å²) in [7, 11) is 0. The number of aryl methyl sites for hydroxylation is 2. The molecule has 0 fully saturated rings. The van der Waals surface area contributed by atoms with Crippen molar-refractivity contribution in [3.05, 3.63) is 198 Å². The van der Waals surface area contributed by atoms with E-state index >= 15 is 0 Å². The van der Waals surface area contributed by atoms with Gasteiger partial charge in [0.1, 0.15) is 48.0 Å². The number of carbonyl (C=O) groups excluding carboxylic acids is 3. The molecule has 8 aliphatic rings. The fraction of sp³-hybridized carbons (Fsp3) is 0.593. The van der Waals surface area contributed by atoms with Crippen molar-refractivity contribution in [2.45, 2.75) is 243 Å². The van der Waals surface area contributed by atoms with Crippen LogP contribution in [0.15, 0.2) is 165 Å². The van der Waals surface area contributed by atoms with Crippen LogP contribution < -0.4 is 38.4 Å². The summed E-state index contributed by atoms with van der Waals surface area (Å²) < 4.78 is 63.1. The summed E-state index contributed by atoms with van der Waals surface area (Å²) in [5.74, 6) is 2.41. The fourth-order valence-corrected chi connectivity index (χ4v) is 11.2. The van der Waals surface area contributed by atoms with Crippen LogP contribution >= 0.6 is 0 Å². The summed E-state index contributed by atoms with van der Waals surface area (Å²) in [5.41, 5.74) is 0.706. The zero-order chi connectivity index (χ0) is 80.3. The molecule has 2 aromatic rings. The molecule has 0 aliphatic carbocycles. The maximum Gasteiger partial charge on any atom is 0.333 e. The Morgan fingerprint density at radius 3 is 1.09 bits per heavy atom. The van der Waals surface area contributed by atoms with Crippen LogP contribution in [0.4, 0.5) is 0 Å². The van der Waals surface area contributed by atoms with Gasteiger partial charge in [-0.15, -0.1) is 0 Å². The average Bonchev–Trinajstić information content (AvgIpc) is 1.17. The van der Waals surface area contributed by atoms with Gasteiger partial charge < -0.3 is 78.0 Å². The number of nitrogens with one attached hydrogen (secondary N) is 3. The highest BCUT2D eigenvalue weighted by molar-refractivity contribution is 5.95. The normalized spacial score (nSPS) is 23.9. The van der Waals surface area contributed by atoms with E-state index in [1.54, 1.807) is 65.6 Å². The molecule has 10 rings (SSSR count). The lowest BCUT2D eigenvalue weighted by Crippen LogP contribution is -2.49. The van der Waals surface area contributed by atoms with Crippen LogP contribution in [-0.4, -0.2) is 164 Å². The second-order valence-corrected chi connectivity index (χ2v) is 31.9. The first-order chi connectivity index (χ1) is 50.5. The Kier molecular flexibility index (Phi) is 32.9. The van der Waals surface area contributed by atoms with E-state index < -0.39 is 18.0 Å². The number of nitrogens with zero attached hydrogens (tertiary/aromatic N) is 7. The van der Waals surface area contributed by atoms with Crippen LogP contribution in [0.2, 0.25) is 0 Å². The van der Waals surface area contributed by atoms with Crippen molar-refractivity contribution < 1.29 is 61.8 Å². The van der Waals surface area contributed by atoms with Crippen LogP contribution in [-0.2, 0) is 73.8 Å². The monoisotopic (exact) mass is 1510 g/mol. The van der Waals surface area contributed by atoms with Gasteiger partial charge >= 0.3 is 11.4 Å². The Morgan fingerprint density at radius 2 is 0.759 bits per heavy atom. The van der Waals surface area contributed by atoms with Crippen LogP contribution in [0.25, 0.3) is 0 Å². The molecule has 3 amide bonds. The molecule has 3 N–H and O–H groups in total. The summed E-state index contributed by atoms with van der Waals surface area (Å²) in [6.07, 6.45) is 27.5. The Balaban J connectivity index is 0.000000212. The van der Waals surface area contributed by atoms with Crippen molar-refractivity contribution in [1.29, 1.82) is 0 Å². The fourth-order valence-electron chi connectivity index (χ4n) is 11.2. The molecule has 598 valence electrons. The maximum atomic E-state index is 12.8. The maximum absolute atomic E-state index is 12.8. The topological polar surface area (TPSA) is 277 Å². The highest BCUT2D eigenvalue weighted by Crippen LogP contribution is 2.28. The van der Waals surface area contributed by atoms with Gasteiger partial charge in [0.2, 0.25) is 0 Å². The molecular weight excluding hydrogens is 1380 g/mol. The highest BCUT2D eigenvalue weighted by atomic mass is 16.6. The van der Waals surface area contributed by atoms with Gasteiger partial charge in [-0.2, -0.15) is 0 Å². The van der Waals surface area contributed by atoms with Crippen molar-refractivity contribution in [2.24, 2.45) is 17.8 Å². The minimum Gasteiger partial charge on any atom is -0.378 e. The van der Waals surface area contributed by atoms with Gasteiger partial charge in [-0.05, 0) is 151 Å². The average molecular weight is 1510 g/mol. The number of carbonyl (C=O) groups is 3. The van der Waals surface area contributed by atoms with Gasteiger partial charge in [-0.3, -0.25) is 42.2 Å². The van der Waals surface area contributed by atoms with Crippen molar-refractivity contribution in [2.75, 3.05) is 52.9 Å². The molecule has 0 radical (unpaired) electrons. The smallest absolute Gasteiger partial charge is 0.333 e. The highest BCUT2D eigenvalue weighted by Gasteiger charge is 2.34. The first-order valence-electron chi connectivity index (χ1n) is 37.3. The van der Waals surface area contributed by atoms with Crippen LogP contribution in [0.3, 0.4) is 0 Å². The third-order valence-electron chi connectivity index (χ3n) is 16.8. The van der Waals surface area contributed by atoms with Gasteiger partial charge in [-0.1, -0.05) is 105 Å². The number of rotatable bonds is 24. The number of hydrogen-bond donors (Lipinski definition) is 3. The molecule has 27 nitrogen and oxygen atoms in total. The van der Waals surface area contributed by atoms with E-state index in [2.05, 4.69) is 70.3 Å². The quantitative estimate of drug-likeness (QED) is 0.0651. The SMILES string of the molecule is C=C1NC(=O)C(C)=CN1[C@H]1C=C[C@@H](COC(C)(C)C)O1.C=C1NC(=O)C(C)=CN1[C@H]1C=C[C@@H](COCC(C)C)O1.C=C1NC(=O)C(C)=CN1[C@H]1C=C[C@@H](COCCCC)O1.Cc1cn([C@H]2C=C[C@@H](COC(C)(C)C)O2)c(=O)n(C(C)(C)C)c1=O.Cc1cn([C@H]2C=C[C@@H](COCC(C)C)O2)c(=O)n(CC(C)C)c1=O. The number of ether oxygens (including phenoxy) is 10. The molecule has 27 heteroatoms. The summed E-state index contributed by atoms with van der Waals surface area (Å²) in [6.45, 7) is 57.3. The molecule has 2 aromatic heterocycles. The number of unbranched alkanes of at least 4 members (excludes halogenated alkanes) is 1. The predicted octanol–water partition coefficient (Wildman–Crippen LogP) is 9.97. The number of hydrogen-bond acceptors (Lipinski definition) is 20. The van der Waals surface area contributed by atoms with E-state index in [9.17, 15) is 33.6 Å². The summed E-state index contributed by atoms with van der Waals surface area (Å²) >= 11 is 0. The van der Waals surface area contributed by atoms with Gasteiger partial charge in [0.25, 0.3) is 28.8 Å². The molecule has 0 saturated heterocycles. The first kappa shape index (κ1) is 88.8. The van der Waals surface area contributed by atoms with Crippen molar-refractivity contribution >= 4 is 17.7 Å². The molecule has 0 saturated carbocycles. The van der Waals surface area contributed by atoms with E-state index in [1.807, 2.05) is 152 Å². The molecular formula is C81H122N10O17. The Morgan fingerprint density at radius 1 is 0.435 bits per heavy atom. The number of aromatic nitrogens is 4. The third-order valence-corrected chi connectivity index (χ3v) is 16.8. The van der Waals surface area contributed by atoms with E-state index in [0.29, 0.717) is 103 Å². The van der Waals surface area contributed by atoms with Crippen molar-refractivity contribution in [3.8, 4) is 0 Å².